The monoisotopic (exact) mass is 367 g/mol. The molecule has 1 fully saturated rings. The van der Waals surface area contributed by atoms with E-state index in [2.05, 4.69) is 21.2 Å². The lowest BCUT2D eigenvalue weighted by Crippen LogP contribution is -2.35. The molecule has 8 heteroatoms. The Morgan fingerprint density at radius 3 is 2.79 bits per heavy atom. The summed E-state index contributed by atoms with van der Waals surface area (Å²) in [6.07, 6.45) is 0.747. The molecule has 0 bridgehead atoms. The maximum Gasteiger partial charge on any atom is 0.261 e. The predicted octanol–water partition coefficient (Wildman–Crippen LogP) is 1.90. The van der Waals surface area contributed by atoms with Crippen LogP contribution in [0.1, 0.15) is 16.8 Å². The van der Waals surface area contributed by atoms with Crippen molar-refractivity contribution in [3.63, 3.8) is 0 Å². The molecule has 1 heterocycles. The molecule has 104 valence electrons. The van der Waals surface area contributed by atoms with Gasteiger partial charge in [-0.15, -0.1) is 0 Å². The van der Waals surface area contributed by atoms with Crippen LogP contribution in [0.4, 0.5) is 0 Å². The molecule has 1 aliphatic rings. The summed E-state index contributed by atoms with van der Waals surface area (Å²) >= 11 is 3.22. The number of benzene rings is 1. The van der Waals surface area contributed by atoms with Crippen molar-refractivity contribution in [3.8, 4) is 0 Å². The third kappa shape index (κ3) is 3.68. The van der Waals surface area contributed by atoms with Gasteiger partial charge in [0.1, 0.15) is 0 Å². The molecule has 2 rings (SSSR count). The van der Waals surface area contributed by atoms with Crippen LogP contribution >= 0.6 is 26.6 Å². The first-order valence-electron chi connectivity index (χ1n) is 5.51. The van der Waals surface area contributed by atoms with Crippen LogP contribution in [0.2, 0.25) is 0 Å². The van der Waals surface area contributed by atoms with E-state index in [-0.39, 0.29) is 22.4 Å². The van der Waals surface area contributed by atoms with E-state index < -0.39 is 9.05 Å². The zero-order chi connectivity index (χ0) is 14.0. The number of hydrogen-bond acceptors (Lipinski definition) is 4. The average molecular weight is 369 g/mol. The van der Waals surface area contributed by atoms with Gasteiger partial charge in [-0.1, -0.05) is 0 Å². The van der Waals surface area contributed by atoms with Gasteiger partial charge in [-0.25, -0.2) is 8.42 Å². The summed E-state index contributed by atoms with van der Waals surface area (Å²) in [5.41, 5.74) is 0.230. The standard InChI is InChI=1S/C11H11BrClNO4S/c12-10-2-1-8(19(13,16)17)5-9(10)11(15)14-7-3-4-18-6-7/h1-2,5,7H,3-4,6H2,(H,14,15). The van der Waals surface area contributed by atoms with Gasteiger partial charge in [0.15, 0.2) is 0 Å². The smallest absolute Gasteiger partial charge is 0.261 e. The molecule has 1 aliphatic heterocycles. The Labute approximate surface area is 123 Å². The van der Waals surface area contributed by atoms with E-state index in [4.69, 9.17) is 15.4 Å². The van der Waals surface area contributed by atoms with Gasteiger partial charge in [0, 0.05) is 21.8 Å². The number of amides is 1. The topological polar surface area (TPSA) is 72.5 Å². The second kappa shape index (κ2) is 5.78. The van der Waals surface area contributed by atoms with Crippen molar-refractivity contribution >= 4 is 41.6 Å². The van der Waals surface area contributed by atoms with E-state index >= 15 is 0 Å². The van der Waals surface area contributed by atoms with Gasteiger partial charge in [0.25, 0.3) is 15.0 Å². The molecule has 0 saturated carbocycles. The Hall–Kier alpha value is -0.630. The molecule has 1 amide bonds. The van der Waals surface area contributed by atoms with Crippen LogP contribution in [-0.4, -0.2) is 33.6 Å². The first-order chi connectivity index (χ1) is 8.88. The minimum atomic E-state index is -3.86. The Morgan fingerprint density at radius 2 is 2.21 bits per heavy atom. The van der Waals surface area contributed by atoms with Crippen molar-refractivity contribution in [2.75, 3.05) is 13.2 Å². The summed E-state index contributed by atoms with van der Waals surface area (Å²) in [7, 11) is 1.41. The van der Waals surface area contributed by atoms with Gasteiger partial charge in [-0.2, -0.15) is 0 Å². The molecular weight excluding hydrogens is 358 g/mol. The van der Waals surface area contributed by atoms with Crippen LogP contribution in [0.25, 0.3) is 0 Å². The van der Waals surface area contributed by atoms with Crippen LogP contribution in [0.5, 0.6) is 0 Å². The molecule has 0 aromatic heterocycles. The average Bonchev–Trinajstić information content (AvgIpc) is 2.80. The molecule has 19 heavy (non-hydrogen) atoms. The van der Waals surface area contributed by atoms with Crippen molar-refractivity contribution in [1.82, 2.24) is 5.32 Å². The third-order valence-electron chi connectivity index (χ3n) is 2.73. The zero-order valence-electron chi connectivity index (χ0n) is 9.73. The van der Waals surface area contributed by atoms with Crippen molar-refractivity contribution < 1.29 is 17.9 Å². The fraction of sp³-hybridized carbons (Fsp3) is 0.364. The highest BCUT2D eigenvalue weighted by atomic mass is 79.9. The largest absolute Gasteiger partial charge is 0.379 e. The molecule has 0 aliphatic carbocycles. The minimum absolute atomic E-state index is 0.0457. The molecule has 1 atom stereocenters. The van der Waals surface area contributed by atoms with Gasteiger partial charge >= 0.3 is 0 Å². The molecule has 0 radical (unpaired) electrons. The normalized spacial score (nSPS) is 19.4. The Morgan fingerprint density at radius 1 is 1.47 bits per heavy atom. The minimum Gasteiger partial charge on any atom is -0.379 e. The van der Waals surface area contributed by atoms with E-state index in [9.17, 15) is 13.2 Å². The first-order valence-corrected chi connectivity index (χ1v) is 8.61. The third-order valence-corrected chi connectivity index (χ3v) is 4.77. The fourth-order valence-corrected chi connectivity index (χ4v) is 2.95. The molecule has 1 N–H and O–H groups in total. The summed E-state index contributed by atoms with van der Waals surface area (Å²) in [4.78, 5) is 12.0. The molecule has 1 unspecified atom stereocenters. The number of carbonyl (C=O) groups excluding carboxylic acids is 1. The summed E-state index contributed by atoms with van der Waals surface area (Å²) in [5.74, 6) is -0.357. The van der Waals surface area contributed by atoms with Crippen molar-refractivity contribution in [2.24, 2.45) is 0 Å². The molecule has 1 saturated heterocycles. The van der Waals surface area contributed by atoms with E-state index in [1.54, 1.807) is 0 Å². The Bertz CT molecular complexity index is 599. The van der Waals surface area contributed by atoms with Crippen LogP contribution in [-0.2, 0) is 13.8 Å². The lowest BCUT2D eigenvalue weighted by Gasteiger charge is -2.12. The quantitative estimate of drug-likeness (QED) is 0.827. The lowest BCUT2D eigenvalue weighted by atomic mass is 10.2. The second-order valence-electron chi connectivity index (χ2n) is 4.11. The second-order valence-corrected chi connectivity index (χ2v) is 7.53. The van der Waals surface area contributed by atoms with Gasteiger partial charge in [0.05, 0.1) is 23.1 Å². The van der Waals surface area contributed by atoms with Crippen molar-refractivity contribution in [3.05, 3.63) is 28.2 Å². The highest BCUT2D eigenvalue weighted by Gasteiger charge is 2.21. The van der Waals surface area contributed by atoms with Crippen LogP contribution in [0, 0.1) is 0 Å². The maximum atomic E-state index is 12.1. The van der Waals surface area contributed by atoms with Crippen LogP contribution < -0.4 is 5.32 Å². The summed E-state index contributed by atoms with van der Waals surface area (Å²) in [6.45, 7) is 1.08. The number of halogens is 2. The summed E-state index contributed by atoms with van der Waals surface area (Å²) < 4.78 is 28.2. The summed E-state index contributed by atoms with van der Waals surface area (Å²) in [6, 6.07) is 4.02. The Balaban J connectivity index is 2.25. The fourth-order valence-electron chi connectivity index (χ4n) is 1.74. The van der Waals surface area contributed by atoms with Crippen LogP contribution in [0.3, 0.4) is 0 Å². The van der Waals surface area contributed by atoms with E-state index in [1.165, 1.54) is 18.2 Å². The number of rotatable bonds is 3. The van der Waals surface area contributed by atoms with Gasteiger partial charge < -0.3 is 10.1 Å². The molecule has 1 aromatic carbocycles. The summed E-state index contributed by atoms with van der Waals surface area (Å²) in [5, 5.41) is 2.78. The van der Waals surface area contributed by atoms with Gasteiger partial charge in [0.2, 0.25) is 0 Å². The number of ether oxygens (including phenoxy) is 1. The predicted molar refractivity (Wildman–Crippen MR) is 73.9 cm³/mol. The highest BCUT2D eigenvalue weighted by molar-refractivity contribution is 9.10. The van der Waals surface area contributed by atoms with Crippen molar-refractivity contribution in [1.29, 1.82) is 0 Å². The van der Waals surface area contributed by atoms with E-state index in [0.29, 0.717) is 17.7 Å². The number of nitrogens with one attached hydrogen (secondary N) is 1. The molecular formula is C11H11BrClNO4S. The number of hydrogen-bond donors (Lipinski definition) is 1. The van der Waals surface area contributed by atoms with Gasteiger partial charge in [-0.05, 0) is 40.5 Å². The molecule has 1 aromatic rings. The van der Waals surface area contributed by atoms with Gasteiger partial charge in [-0.3, -0.25) is 4.79 Å². The van der Waals surface area contributed by atoms with Crippen molar-refractivity contribution in [2.45, 2.75) is 17.4 Å². The SMILES string of the molecule is O=C(NC1CCOC1)c1cc(S(=O)(=O)Cl)ccc1Br. The zero-order valence-corrected chi connectivity index (χ0v) is 12.9. The van der Waals surface area contributed by atoms with E-state index in [0.717, 1.165) is 6.42 Å². The van der Waals surface area contributed by atoms with E-state index in [1.807, 2.05) is 0 Å². The molecule has 0 spiro atoms. The maximum absolute atomic E-state index is 12.1. The first kappa shape index (κ1) is 14.8. The Kier molecular flexibility index (Phi) is 4.50. The highest BCUT2D eigenvalue weighted by Crippen LogP contribution is 2.23. The van der Waals surface area contributed by atoms with Crippen LogP contribution in [0.15, 0.2) is 27.6 Å². The lowest BCUT2D eigenvalue weighted by molar-refractivity contribution is 0.0929. The molecule has 5 nitrogen and oxygen atoms in total. The number of carbonyl (C=O) groups is 1.